The molecule has 0 aliphatic carbocycles. The third kappa shape index (κ3) is 1.42. The number of carboxylic acids is 1. The maximum Gasteiger partial charge on any atom is 0.340 e. The molecule has 0 saturated carbocycles. The summed E-state index contributed by atoms with van der Waals surface area (Å²) < 4.78 is 13.0. The standard InChI is InChI=1S/C8H5FN2O2.ClH/c9-4-1-2-5-7(11-3-10-5)6(4)8(12)13;/h1-3H,(H,10,11)(H,12,13);1H. The number of imidazole rings is 1. The molecule has 0 fully saturated rings. The molecule has 6 heteroatoms. The Morgan fingerprint density at radius 2 is 2.21 bits per heavy atom. The van der Waals surface area contributed by atoms with Crippen LogP contribution in [0.5, 0.6) is 0 Å². The van der Waals surface area contributed by atoms with Gasteiger partial charge >= 0.3 is 5.97 Å². The van der Waals surface area contributed by atoms with Crippen LogP contribution in [0.1, 0.15) is 10.4 Å². The van der Waals surface area contributed by atoms with Crippen LogP contribution in [0.4, 0.5) is 4.39 Å². The molecule has 2 rings (SSSR count). The average molecular weight is 217 g/mol. The van der Waals surface area contributed by atoms with E-state index in [0.29, 0.717) is 5.52 Å². The summed E-state index contributed by atoms with van der Waals surface area (Å²) in [4.78, 5) is 17.1. The SMILES string of the molecule is Cl.O=C(O)c1c(F)ccc2[nH]cnc12. The number of carboxylic acid groups (broad SMARTS) is 1. The van der Waals surface area contributed by atoms with Crippen molar-refractivity contribution in [1.29, 1.82) is 0 Å². The fraction of sp³-hybridized carbons (Fsp3) is 0. The molecule has 0 radical (unpaired) electrons. The van der Waals surface area contributed by atoms with Gasteiger partial charge in [-0.05, 0) is 12.1 Å². The van der Waals surface area contributed by atoms with E-state index in [9.17, 15) is 9.18 Å². The minimum atomic E-state index is -1.31. The second kappa shape index (κ2) is 3.63. The quantitative estimate of drug-likeness (QED) is 0.764. The topological polar surface area (TPSA) is 66.0 Å². The van der Waals surface area contributed by atoms with Crippen LogP contribution in [-0.4, -0.2) is 21.0 Å². The van der Waals surface area contributed by atoms with Crippen molar-refractivity contribution in [3.05, 3.63) is 29.8 Å². The van der Waals surface area contributed by atoms with Gasteiger partial charge in [-0.3, -0.25) is 0 Å². The number of aromatic nitrogens is 2. The van der Waals surface area contributed by atoms with E-state index in [4.69, 9.17) is 5.11 Å². The number of carbonyl (C=O) groups is 1. The van der Waals surface area contributed by atoms with Crippen molar-refractivity contribution in [3.63, 3.8) is 0 Å². The van der Waals surface area contributed by atoms with Crippen molar-refractivity contribution in [1.82, 2.24) is 9.97 Å². The van der Waals surface area contributed by atoms with Gasteiger partial charge < -0.3 is 10.1 Å². The van der Waals surface area contributed by atoms with E-state index in [1.54, 1.807) is 0 Å². The highest BCUT2D eigenvalue weighted by Crippen LogP contribution is 2.17. The number of nitrogens with zero attached hydrogens (tertiary/aromatic N) is 1. The summed E-state index contributed by atoms with van der Waals surface area (Å²) in [5, 5.41) is 8.69. The van der Waals surface area contributed by atoms with Crippen molar-refractivity contribution in [2.45, 2.75) is 0 Å². The third-order valence-corrected chi connectivity index (χ3v) is 1.75. The van der Waals surface area contributed by atoms with Crippen LogP contribution in [0.2, 0.25) is 0 Å². The van der Waals surface area contributed by atoms with Gasteiger partial charge in [-0.15, -0.1) is 12.4 Å². The van der Waals surface area contributed by atoms with Crippen molar-refractivity contribution in [2.24, 2.45) is 0 Å². The zero-order chi connectivity index (χ0) is 9.42. The maximum atomic E-state index is 13.0. The van der Waals surface area contributed by atoms with Gasteiger partial charge in [0.25, 0.3) is 0 Å². The van der Waals surface area contributed by atoms with Crippen molar-refractivity contribution in [2.75, 3.05) is 0 Å². The summed E-state index contributed by atoms with van der Waals surface area (Å²) >= 11 is 0. The lowest BCUT2D eigenvalue weighted by Gasteiger charge is -1.96. The normalized spacial score (nSPS) is 9.79. The predicted octanol–water partition coefficient (Wildman–Crippen LogP) is 1.82. The summed E-state index contributed by atoms with van der Waals surface area (Å²) in [5.41, 5.74) is 0.269. The van der Waals surface area contributed by atoms with Gasteiger partial charge in [0.2, 0.25) is 0 Å². The van der Waals surface area contributed by atoms with Gasteiger partial charge in [0.15, 0.2) is 0 Å². The lowest BCUT2D eigenvalue weighted by atomic mass is 10.2. The Morgan fingerprint density at radius 3 is 2.86 bits per heavy atom. The molecule has 2 N–H and O–H groups in total. The first-order valence-corrected chi connectivity index (χ1v) is 3.55. The van der Waals surface area contributed by atoms with Crippen molar-refractivity contribution < 1.29 is 14.3 Å². The van der Waals surface area contributed by atoms with E-state index in [0.717, 1.165) is 6.07 Å². The number of halogens is 2. The second-order valence-corrected chi connectivity index (χ2v) is 2.53. The Bertz CT molecular complexity index is 483. The Balaban J connectivity index is 0.000000980. The van der Waals surface area contributed by atoms with E-state index in [2.05, 4.69) is 9.97 Å². The first-order chi connectivity index (χ1) is 6.20. The van der Waals surface area contributed by atoms with Crippen LogP contribution in [-0.2, 0) is 0 Å². The van der Waals surface area contributed by atoms with Crippen LogP contribution in [0.3, 0.4) is 0 Å². The smallest absolute Gasteiger partial charge is 0.340 e. The van der Waals surface area contributed by atoms with E-state index < -0.39 is 17.3 Å². The predicted molar refractivity (Wildman–Crippen MR) is 50.3 cm³/mol. The molecule has 0 saturated heterocycles. The summed E-state index contributed by atoms with van der Waals surface area (Å²) in [7, 11) is 0. The Labute approximate surface area is 84.2 Å². The van der Waals surface area contributed by atoms with Gasteiger partial charge in [0.05, 0.1) is 11.8 Å². The Morgan fingerprint density at radius 1 is 1.50 bits per heavy atom. The van der Waals surface area contributed by atoms with E-state index >= 15 is 0 Å². The number of benzene rings is 1. The molecule has 74 valence electrons. The van der Waals surface area contributed by atoms with E-state index in [-0.39, 0.29) is 17.9 Å². The number of aromatic amines is 1. The van der Waals surface area contributed by atoms with E-state index in [1.807, 2.05) is 0 Å². The average Bonchev–Trinajstić information content (AvgIpc) is 2.50. The highest BCUT2D eigenvalue weighted by atomic mass is 35.5. The molecule has 1 aromatic heterocycles. The third-order valence-electron chi connectivity index (χ3n) is 1.75. The highest BCUT2D eigenvalue weighted by Gasteiger charge is 2.15. The zero-order valence-electron chi connectivity index (χ0n) is 6.82. The van der Waals surface area contributed by atoms with Crippen molar-refractivity contribution >= 4 is 29.4 Å². The molecule has 14 heavy (non-hydrogen) atoms. The maximum absolute atomic E-state index is 13.0. The first kappa shape index (κ1) is 10.5. The number of aromatic carboxylic acids is 1. The summed E-state index contributed by atoms with van der Waals surface area (Å²) in [6, 6.07) is 2.55. The van der Waals surface area contributed by atoms with Gasteiger partial charge in [-0.1, -0.05) is 0 Å². The van der Waals surface area contributed by atoms with Crippen LogP contribution in [0.15, 0.2) is 18.5 Å². The minimum Gasteiger partial charge on any atom is -0.478 e. The van der Waals surface area contributed by atoms with Crippen LogP contribution >= 0.6 is 12.4 Å². The molecule has 4 nitrogen and oxygen atoms in total. The molecule has 1 heterocycles. The van der Waals surface area contributed by atoms with E-state index in [1.165, 1.54) is 12.4 Å². The molecular formula is C8H6ClFN2O2. The molecular weight excluding hydrogens is 211 g/mol. The molecule has 2 aromatic rings. The minimum absolute atomic E-state index is 0. The number of nitrogens with one attached hydrogen (secondary N) is 1. The van der Waals surface area contributed by atoms with Gasteiger partial charge in [-0.25, -0.2) is 14.2 Å². The number of fused-ring (bicyclic) bond motifs is 1. The van der Waals surface area contributed by atoms with Crippen LogP contribution < -0.4 is 0 Å². The summed E-state index contributed by atoms with van der Waals surface area (Å²) in [5.74, 6) is -2.08. The van der Waals surface area contributed by atoms with Crippen LogP contribution in [0.25, 0.3) is 11.0 Å². The first-order valence-electron chi connectivity index (χ1n) is 3.55. The lowest BCUT2D eigenvalue weighted by molar-refractivity contribution is 0.0694. The highest BCUT2D eigenvalue weighted by molar-refractivity contribution is 6.00. The molecule has 0 aliphatic rings. The van der Waals surface area contributed by atoms with Gasteiger partial charge in [-0.2, -0.15) is 0 Å². The number of H-pyrrole nitrogens is 1. The molecule has 1 aromatic carbocycles. The summed E-state index contributed by atoms with van der Waals surface area (Å²) in [6.45, 7) is 0. The summed E-state index contributed by atoms with van der Waals surface area (Å²) in [6.07, 6.45) is 1.33. The lowest BCUT2D eigenvalue weighted by Crippen LogP contribution is -2.01. The zero-order valence-corrected chi connectivity index (χ0v) is 7.64. The molecule has 0 unspecified atom stereocenters. The molecule has 0 atom stereocenters. The molecule has 0 spiro atoms. The second-order valence-electron chi connectivity index (χ2n) is 2.53. The Kier molecular flexibility index (Phi) is 2.71. The number of rotatable bonds is 1. The van der Waals surface area contributed by atoms with Crippen molar-refractivity contribution in [3.8, 4) is 0 Å². The number of hydrogen-bond acceptors (Lipinski definition) is 2. The largest absolute Gasteiger partial charge is 0.478 e. The monoisotopic (exact) mass is 216 g/mol. The number of hydrogen-bond donors (Lipinski definition) is 2. The molecule has 0 amide bonds. The molecule has 0 aliphatic heterocycles. The molecule has 0 bridgehead atoms. The van der Waals surface area contributed by atoms with Gasteiger partial charge in [0, 0.05) is 0 Å². The fourth-order valence-corrected chi connectivity index (χ4v) is 1.19. The van der Waals surface area contributed by atoms with Crippen LogP contribution in [0, 0.1) is 5.82 Å². The fourth-order valence-electron chi connectivity index (χ4n) is 1.19. The van der Waals surface area contributed by atoms with Gasteiger partial charge in [0.1, 0.15) is 16.9 Å². The Hall–Kier alpha value is -1.62.